The van der Waals surface area contributed by atoms with Gasteiger partial charge in [-0.3, -0.25) is 19.3 Å². The second-order valence-corrected chi connectivity index (χ2v) is 10.9. The molecule has 3 heterocycles. The molecule has 13 nitrogen and oxygen atoms in total. The number of thiazole rings is 1. The van der Waals surface area contributed by atoms with E-state index in [1.807, 2.05) is 0 Å². The first-order valence-corrected chi connectivity index (χ1v) is 12.6. The first-order chi connectivity index (χ1) is 16.9. The van der Waals surface area contributed by atoms with Gasteiger partial charge in [0.1, 0.15) is 22.8 Å². The summed E-state index contributed by atoms with van der Waals surface area (Å²) in [5.41, 5.74) is 4.90. The van der Waals surface area contributed by atoms with Crippen molar-refractivity contribution in [3.05, 3.63) is 22.3 Å². The Morgan fingerprint density at radius 2 is 2.06 bits per heavy atom. The number of nitrogens with two attached hydrogens (primary N) is 1. The number of methoxy groups -OCH3 is 1. The van der Waals surface area contributed by atoms with Crippen molar-refractivity contribution in [1.82, 2.24) is 15.2 Å². The molecule has 1 fully saturated rings. The molecule has 15 heteroatoms. The molecule has 0 spiro atoms. The maximum atomic E-state index is 13.0. The molecule has 36 heavy (non-hydrogen) atoms. The van der Waals surface area contributed by atoms with Crippen LogP contribution < -0.4 is 11.1 Å². The van der Waals surface area contributed by atoms with Crippen LogP contribution in [0.4, 0.5) is 5.13 Å². The number of nitrogens with zero attached hydrogens (tertiary/aromatic N) is 3. The van der Waals surface area contributed by atoms with E-state index in [0.29, 0.717) is 11.3 Å². The van der Waals surface area contributed by atoms with Gasteiger partial charge in [-0.15, -0.1) is 23.1 Å². The number of hydrogen-bond acceptors (Lipinski definition) is 13. The molecule has 0 radical (unpaired) electrons. The molecule has 2 aliphatic rings. The van der Waals surface area contributed by atoms with Crippen LogP contribution >= 0.6 is 23.1 Å². The van der Waals surface area contributed by atoms with Gasteiger partial charge in [0, 0.05) is 25.2 Å². The Hall–Kier alpha value is -3.17. The average Bonchev–Trinajstić information content (AvgIpc) is 3.22. The number of β-lactam (4-membered cyclic amide) rings is 1. The number of nitrogens with one attached hydrogen (secondary N) is 1. The fourth-order valence-electron chi connectivity index (χ4n) is 3.33. The maximum absolute atomic E-state index is 13.0. The summed E-state index contributed by atoms with van der Waals surface area (Å²) in [5.74, 6) is -2.51. The van der Waals surface area contributed by atoms with E-state index in [4.69, 9.17) is 19.9 Å². The molecule has 0 saturated carbocycles. The summed E-state index contributed by atoms with van der Waals surface area (Å²) in [7, 11) is 1.45. The molecule has 2 amide bonds. The second kappa shape index (κ2) is 10.8. The fraction of sp³-hybridized carbons (Fsp3) is 0.524. The number of ether oxygens (including phenoxy) is 3. The molecule has 3 rings (SSSR count). The van der Waals surface area contributed by atoms with E-state index >= 15 is 0 Å². The number of fused-ring (bicyclic) bond motifs is 1. The number of carbonyl (C=O) groups is 4. The maximum Gasteiger partial charge on any atom is 0.358 e. The van der Waals surface area contributed by atoms with Crippen molar-refractivity contribution in [2.45, 2.75) is 45.4 Å². The van der Waals surface area contributed by atoms with Crippen molar-refractivity contribution in [3.8, 4) is 0 Å². The van der Waals surface area contributed by atoms with Gasteiger partial charge in [-0.2, -0.15) is 0 Å². The summed E-state index contributed by atoms with van der Waals surface area (Å²) in [6, 6.07) is -1.00. The van der Waals surface area contributed by atoms with E-state index in [9.17, 15) is 24.4 Å². The molecular weight excluding hydrogens is 514 g/mol. The molecule has 2 aliphatic heterocycles. The third-order valence-electron chi connectivity index (χ3n) is 5.08. The van der Waals surface area contributed by atoms with Crippen molar-refractivity contribution in [3.63, 3.8) is 0 Å². The number of nitrogen functional groups attached to an aromatic ring is 1. The number of aromatic nitrogens is 1. The van der Waals surface area contributed by atoms with Gasteiger partial charge in [0.05, 0.1) is 12.0 Å². The number of hydrogen-bond donors (Lipinski definition) is 3. The van der Waals surface area contributed by atoms with Crippen molar-refractivity contribution < 1.29 is 38.6 Å². The van der Waals surface area contributed by atoms with Crippen LogP contribution in [0.5, 0.6) is 0 Å². The first kappa shape index (κ1) is 27.4. The molecule has 0 bridgehead atoms. The predicted octanol–water partition coefficient (Wildman–Crippen LogP) is 0.683. The van der Waals surface area contributed by atoms with Crippen molar-refractivity contribution >= 4 is 57.7 Å². The molecule has 196 valence electrons. The SMILES string of the molecule is COCC1=C(C(=O)O[C@H](C)OC(=O)C(C)(C)C)N2C(=O)[C@@H](NC(=O)/C(=N\O)c3csc(N)n3)[C@@H]2SC1. The largest absolute Gasteiger partial charge is 0.425 e. The molecule has 1 aromatic heterocycles. The van der Waals surface area contributed by atoms with E-state index in [1.165, 1.54) is 36.1 Å². The summed E-state index contributed by atoms with van der Waals surface area (Å²) in [6.07, 6.45) is -1.20. The molecular formula is C21H27N5O8S2. The first-order valence-electron chi connectivity index (χ1n) is 10.7. The van der Waals surface area contributed by atoms with Crippen LogP contribution in [0.25, 0.3) is 0 Å². The Labute approximate surface area is 215 Å². The Kier molecular flexibility index (Phi) is 8.26. The lowest BCUT2D eigenvalue weighted by Gasteiger charge is -2.49. The third kappa shape index (κ3) is 5.63. The number of amides is 2. The van der Waals surface area contributed by atoms with Gasteiger partial charge in [-0.25, -0.2) is 9.78 Å². The lowest BCUT2D eigenvalue weighted by Crippen LogP contribution is -2.71. The summed E-state index contributed by atoms with van der Waals surface area (Å²) in [4.78, 5) is 56.0. The summed E-state index contributed by atoms with van der Waals surface area (Å²) < 4.78 is 15.7. The summed E-state index contributed by atoms with van der Waals surface area (Å²) in [5, 5.41) is 15.8. The van der Waals surface area contributed by atoms with E-state index in [-0.39, 0.29) is 23.1 Å². The molecule has 4 N–H and O–H groups in total. The van der Waals surface area contributed by atoms with Gasteiger partial charge >= 0.3 is 11.9 Å². The van der Waals surface area contributed by atoms with Gasteiger partial charge in [0.15, 0.2) is 10.8 Å². The summed E-state index contributed by atoms with van der Waals surface area (Å²) in [6.45, 7) is 6.45. The van der Waals surface area contributed by atoms with E-state index in [0.717, 1.165) is 11.3 Å². The van der Waals surface area contributed by atoms with Crippen LogP contribution in [-0.4, -0.2) is 81.7 Å². The molecule has 0 unspecified atom stereocenters. The van der Waals surface area contributed by atoms with Crippen molar-refractivity contribution in [2.75, 3.05) is 25.2 Å². The van der Waals surface area contributed by atoms with Gasteiger partial charge in [-0.1, -0.05) is 5.16 Å². The Balaban J connectivity index is 1.75. The Morgan fingerprint density at radius 1 is 1.36 bits per heavy atom. The van der Waals surface area contributed by atoms with Crippen LogP contribution in [0.1, 0.15) is 33.4 Å². The normalized spacial score (nSPS) is 20.9. The minimum absolute atomic E-state index is 0.0296. The van der Waals surface area contributed by atoms with E-state index in [2.05, 4.69) is 15.5 Å². The van der Waals surface area contributed by atoms with Crippen LogP contribution in [0.3, 0.4) is 0 Å². The highest BCUT2D eigenvalue weighted by atomic mass is 32.2. The zero-order valence-electron chi connectivity index (χ0n) is 20.3. The Morgan fingerprint density at radius 3 is 2.61 bits per heavy atom. The Bertz CT molecular complexity index is 1130. The van der Waals surface area contributed by atoms with Gasteiger partial charge in [0.25, 0.3) is 11.8 Å². The highest BCUT2D eigenvalue weighted by molar-refractivity contribution is 8.00. The highest BCUT2D eigenvalue weighted by Crippen LogP contribution is 2.41. The average molecular weight is 542 g/mol. The molecule has 0 aliphatic carbocycles. The molecule has 1 aromatic rings. The van der Waals surface area contributed by atoms with Gasteiger partial charge in [-0.05, 0) is 26.3 Å². The van der Waals surface area contributed by atoms with E-state index < -0.39 is 52.6 Å². The standard InChI is InChI=1S/C21H27N5O8S2/c1-9(34-19(30)21(2,3)4)33-18(29)14-10(6-32-5)7-35-17-13(16(28)26(14)17)24-15(27)12(25-31)11-8-36-20(22)23-11/h8-9,13,17,31H,6-7H2,1-5H3,(H2,22,23)(H,24,27)/b25-12-/t9-,13+,17-/m0/s1. The van der Waals surface area contributed by atoms with Crippen LogP contribution in [0, 0.1) is 5.41 Å². The van der Waals surface area contributed by atoms with E-state index in [1.54, 1.807) is 20.8 Å². The number of esters is 2. The van der Waals surface area contributed by atoms with Crippen molar-refractivity contribution in [1.29, 1.82) is 0 Å². The number of anilines is 1. The number of thioether (sulfide) groups is 1. The molecule has 0 aromatic carbocycles. The number of oxime groups is 1. The minimum Gasteiger partial charge on any atom is -0.425 e. The topological polar surface area (TPSA) is 183 Å². The zero-order chi connectivity index (χ0) is 26.8. The number of rotatable bonds is 8. The monoisotopic (exact) mass is 541 g/mol. The second-order valence-electron chi connectivity index (χ2n) is 8.89. The van der Waals surface area contributed by atoms with Gasteiger partial charge < -0.3 is 30.5 Å². The quantitative estimate of drug-likeness (QED) is 0.105. The number of carbonyl (C=O) groups excluding carboxylic acids is 4. The molecule has 3 atom stereocenters. The zero-order valence-corrected chi connectivity index (χ0v) is 21.9. The predicted molar refractivity (Wildman–Crippen MR) is 130 cm³/mol. The fourth-order valence-corrected chi connectivity index (χ4v) is 5.21. The van der Waals surface area contributed by atoms with Crippen molar-refractivity contribution in [2.24, 2.45) is 10.6 Å². The highest BCUT2D eigenvalue weighted by Gasteiger charge is 2.55. The third-order valence-corrected chi connectivity index (χ3v) is 7.10. The van der Waals surface area contributed by atoms with Crippen LogP contribution in [0.2, 0.25) is 0 Å². The minimum atomic E-state index is -1.20. The smallest absolute Gasteiger partial charge is 0.358 e. The van der Waals surface area contributed by atoms with Gasteiger partial charge in [0.2, 0.25) is 6.29 Å². The lowest BCUT2D eigenvalue weighted by atomic mass is 9.97. The summed E-state index contributed by atoms with van der Waals surface area (Å²) >= 11 is 2.37. The molecule has 1 saturated heterocycles. The van der Waals surface area contributed by atoms with Crippen LogP contribution in [0.15, 0.2) is 21.8 Å². The van der Waals surface area contributed by atoms with Crippen LogP contribution in [-0.2, 0) is 33.4 Å². The lowest BCUT2D eigenvalue weighted by molar-refractivity contribution is -0.190.